The monoisotopic (exact) mass is 414 g/mol. The molecule has 0 aliphatic heterocycles. The van der Waals surface area contributed by atoms with Crippen LogP contribution in [0.3, 0.4) is 0 Å². The highest BCUT2D eigenvalue weighted by Gasteiger charge is 2.10. The zero-order chi connectivity index (χ0) is 22.0. The Hall–Kier alpha value is -3.78. The topological polar surface area (TPSA) is 6.48 Å². The number of anilines is 2. The van der Waals surface area contributed by atoms with E-state index in [0.717, 1.165) is 0 Å². The molecule has 0 radical (unpaired) electrons. The van der Waals surface area contributed by atoms with E-state index in [4.69, 9.17) is 0 Å². The average molecular weight is 415 g/mol. The molecular weight excluding hydrogens is 388 g/mol. The van der Waals surface area contributed by atoms with Crippen molar-refractivity contribution in [2.75, 3.05) is 38.0 Å². The maximum Gasteiger partial charge on any atom is 0.0367 e. The van der Waals surface area contributed by atoms with Gasteiger partial charge in [-0.1, -0.05) is 60.7 Å². The summed E-state index contributed by atoms with van der Waals surface area (Å²) in [4.78, 5) is 4.31. The zero-order valence-electron chi connectivity index (χ0n) is 19.0. The summed E-state index contributed by atoms with van der Waals surface area (Å²) in [6, 6.07) is 31.8. The van der Waals surface area contributed by atoms with Gasteiger partial charge in [-0.25, -0.2) is 0 Å². The van der Waals surface area contributed by atoms with Gasteiger partial charge in [0.2, 0.25) is 0 Å². The van der Waals surface area contributed by atoms with Crippen LogP contribution in [0, 0.1) is 0 Å². The molecule has 0 atom stereocenters. The first kappa shape index (κ1) is 18.9. The molecule has 0 aliphatic rings. The van der Waals surface area contributed by atoms with Gasteiger partial charge >= 0.3 is 0 Å². The van der Waals surface area contributed by atoms with Gasteiger partial charge in [0.1, 0.15) is 0 Å². The molecule has 0 bridgehead atoms. The third-order valence-corrected chi connectivity index (χ3v) is 6.83. The van der Waals surface area contributed by atoms with Crippen LogP contribution in [0.4, 0.5) is 11.4 Å². The Bertz CT molecular complexity index is 1550. The van der Waals surface area contributed by atoms with E-state index in [0.29, 0.717) is 0 Å². The SMILES string of the molecule is CN(C)c1ccc2c(ccc3c2ccc2c4ccc5cc(N(C)C)ccc5c4ccc32)c1. The van der Waals surface area contributed by atoms with Crippen molar-refractivity contribution in [3.63, 3.8) is 0 Å². The van der Waals surface area contributed by atoms with Crippen molar-refractivity contribution in [1.29, 1.82) is 0 Å². The van der Waals surface area contributed by atoms with Crippen LogP contribution in [0.25, 0.3) is 53.9 Å². The molecule has 156 valence electrons. The van der Waals surface area contributed by atoms with Crippen LogP contribution in [0.15, 0.2) is 84.9 Å². The fourth-order valence-corrected chi connectivity index (χ4v) is 5.05. The summed E-state index contributed by atoms with van der Waals surface area (Å²) in [5.41, 5.74) is 2.46. The maximum absolute atomic E-state index is 2.30. The quantitative estimate of drug-likeness (QED) is 0.269. The van der Waals surface area contributed by atoms with Crippen LogP contribution in [0.1, 0.15) is 0 Å². The fraction of sp³-hybridized carbons (Fsp3) is 0.133. The van der Waals surface area contributed by atoms with E-state index in [2.05, 4.69) is 123 Å². The molecule has 0 saturated heterocycles. The van der Waals surface area contributed by atoms with Gasteiger partial charge in [-0.05, 0) is 78.1 Å². The standard InChI is InChI=1S/C30H26N2/c1-31(2)21-7-11-23-19(17-21)5-9-27-25(23)13-15-30-28-10-6-20-18-22(32(3)4)8-12-24(20)26(28)14-16-29(27)30/h5-18H,1-4H3. The summed E-state index contributed by atoms with van der Waals surface area (Å²) in [5.74, 6) is 0. The Labute approximate surface area is 188 Å². The van der Waals surface area contributed by atoms with Crippen molar-refractivity contribution in [2.24, 2.45) is 0 Å². The lowest BCUT2D eigenvalue weighted by atomic mass is 9.92. The van der Waals surface area contributed by atoms with Crippen LogP contribution in [-0.2, 0) is 0 Å². The summed E-state index contributed by atoms with van der Waals surface area (Å²) < 4.78 is 0. The number of nitrogens with zero attached hydrogens (tertiary/aromatic N) is 2. The van der Waals surface area contributed by atoms with Gasteiger partial charge in [-0.15, -0.1) is 0 Å². The van der Waals surface area contributed by atoms with Gasteiger partial charge in [-0.2, -0.15) is 0 Å². The second-order valence-corrected chi connectivity index (χ2v) is 9.15. The van der Waals surface area contributed by atoms with Crippen molar-refractivity contribution < 1.29 is 0 Å². The molecule has 0 unspecified atom stereocenters. The molecule has 6 aromatic carbocycles. The molecule has 2 nitrogen and oxygen atoms in total. The third kappa shape index (κ3) is 2.73. The molecule has 6 aromatic rings. The van der Waals surface area contributed by atoms with E-state index in [1.165, 1.54) is 65.2 Å². The molecule has 0 fully saturated rings. The van der Waals surface area contributed by atoms with Gasteiger partial charge < -0.3 is 9.80 Å². The molecule has 0 heterocycles. The Kier molecular flexibility index (Phi) is 4.06. The normalized spacial score (nSPS) is 11.8. The minimum absolute atomic E-state index is 1.23. The minimum atomic E-state index is 1.23. The van der Waals surface area contributed by atoms with Gasteiger partial charge in [0, 0.05) is 39.6 Å². The highest BCUT2D eigenvalue weighted by atomic mass is 15.1. The summed E-state index contributed by atoms with van der Waals surface area (Å²) >= 11 is 0. The van der Waals surface area contributed by atoms with Crippen LogP contribution in [0.2, 0.25) is 0 Å². The van der Waals surface area contributed by atoms with Crippen LogP contribution < -0.4 is 9.80 Å². The maximum atomic E-state index is 2.30. The largest absolute Gasteiger partial charge is 0.378 e. The Morgan fingerprint density at radius 2 is 0.625 bits per heavy atom. The number of hydrogen-bond donors (Lipinski definition) is 0. The molecule has 0 aromatic heterocycles. The van der Waals surface area contributed by atoms with E-state index in [-0.39, 0.29) is 0 Å². The van der Waals surface area contributed by atoms with E-state index >= 15 is 0 Å². The highest BCUT2D eigenvalue weighted by Crippen LogP contribution is 2.38. The minimum Gasteiger partial charge on any atom is -0.378 e. The third-order valence-electron chi connectivity index (χ3n) is 6.83. The summed E-state index contributed by atoms with van der Waals surface area (Å²) in [5, 5.41) is 13.1. The Balaban J connectivity index is 1.64. The predicted octanol–water partition coefficient (Wildman–Crippen LogP) is 7.58. The molecule has 0 saturated carbocycles. The molecule has 6 rings (SSSR count). The van der Waals surface area contributed by atoms with Gasteiger partial charge in [0.15, 0.2) is 0 Å². The van der Waals surface area contributed by atoms with Crippen molar-refractivity contribution in [1.82, 2.24) is 0 Å². The number of benzene rings is 6. The van der Waals surface area contributed by atoms with Gasteiger partial charge in [-0.3, -0.25) is 0 Å². The van der Waals surface area contributed by atoms with E-state index in [1.54, 1.807) is 0 Å². The van der Waals surface area contributed by atoms with Crippen LogP contribution >= 0.6 is 0 Å². The van der Waals surface area contributed by atoms with E-state index < -0.39 is 0 Å². The van der Waals surface area contributed by atoms with Crippen molar-refractivity contribution in [2.45, 2.75) is 0 Å². The number of hydrogen-bond acceptors (Lipinski definition) is 2. The Morgan fingerprint density at radius 1 is 0.344 bits per heavy atom. The molecule has 0 N–H and O–H groups in total. The summed E-state index contributed by atoms with van der Waals surface area (Å²) in [6.07, 6.45) is 0. The highest BCUT2D eigenvalue weighted by molar-refractivity contribution is 6.25. The molecule has 0 amide bonds. The smallest absolute Gasteiger partial charge is 0.0367 e. The first-order chi connectivity index (χ1) is 15.5. The van der Waals surface area contributed by atoms with Crippen molar-refractivity contribution in [3.05, 3.63) is 84.9 Å². The molecule has 2 heteroatoms. The predicted molar refractivity (Wildman–Crippen MR) is 143 cm³/mol. The van der Waals surface area contributed by atoms with E-state index in [1.807, 2.05) is 0 Å². The number of rotatable bonds is 2. The van der Waals surface area contributed by atoms with Crippen LogP contribution in [-0.4, -0.2) is 28.2 Å². The first-order valence-electron chi connectivity index (χ1n) is 11.1. The zero-order valence-corrected chi connectivity index (χ0v) is 19.0. The number of fused-ring (bicyclic) bond motifs is 9. The molecule has 0 spiro atoms. The van der Waals surface area contributed by atoms with Crippen LogP contribution in [0.5, 0.6) is 0 Å². The molecule has 0 aliphatic carbocycles. The lowest BCUT2D eigenvalue weighted by Crippen LogP contribution is -2.08. The average Bonchev–Trinajstić information content (AvgIpc) is 2.82. The van der Waals surface area contributed by atoms with Gasteiger partial charge in [0.05, 0.1) is 0 Å². The molecule has 32 heavy (non-hydrogen) atoms. The Morgan fingerprint density at radius 3 is 0.969 bits per heavy atom. The first-order valence-corrected chi connectivity index (χ1v) is 11.1. The van der Waals surface area contributed by atoms with E-state index in [9.17, 15) is 0 Å². The fourth-order valence-electron chi connectivity index (χ4n) is 5.05. The van der Waals surface area contributed by atoms with Crippen molar-refractivity contribution >= 4 is 65.2 Å². The summed E-state index contributed by atoms with van der Waals surface area (Å²) in [7, 11) is 8.36. The van der Waals surface area contributed by atoms with Gasteiger partial charge in [0.25, 0.3) is 0 Å². The summed E-state index contributed by atoms with van der Waals surface area (Å²) in [6.45, 7) is 0. The van der Waals surface area contributed by atoms with Crippen molar-refractivity contribution in [3.8, 4) is 0 Å². The lowest BCUT2D eigenvalue weighted by molar-refractivity contribution is 1.14. The lowest BCUT2D eigenvalue weighted by Gasteiger charge is -2.16. The molecular formula is C30H26N2. The second-order valence-electron chi connectivity index (χ2n) is 9.15. The second kappa shape index (κ2) is 6.86.